The predicted molar refractivity (Wildman–Crippen MR) is 150 cm³/mol. The maximum atomic E-state index is 13.2. The third-order valence-corrected chi connectivity index (χ3v) is 8.39. The maximum absolute atomic E-state index is 13.2. The lowest BCUT2D eigenvalue weighted by Gasteiger charge is -2.33. The number of nitrogens with zero attached hydrogens (tertiary/aromatic N) is 2. The number of likely N-dealkylation sites (tertiary alicyclic amines) is 1. The second kappa shape index (κ2) is 10.5. The van der Waals surface area contributed by atoms with Crippen LogP contribution in [0.5, 0.6) is 0 Å². The van der Waals surface area contributed by atoms with Crippen molar-refractivity contribution in [2.24, 2.45) is 5.92 Å². The molecule has 6 rings (SSSR count). The number of benzene rings is 3. The van der Waals surface area contributed by atoms with Crippen LogP contribution in [0.4, 0.5) is 0 Å². The van der Waals surface area contributed by atoms with E-state index in [4.69, 9.17) is 0 Å². The average molecular weight is 492 g/mol. The summed E-state index contributed by atoms with van der Waals surface area (Å²) in [5, 5.41) is 4.70. The summed E-state index contributed by atoms with van der Waals surface area (Å²) in [4.78, 5) is 15.7. The second-order valence-electron chi connectivity index (χ2n) is 11.0. The summed E-state index contributed by atoms with van der Waals surface area (Å²) in [6.07, 6.45) is 5.18. The van der Waals surface area contributed by atoms with Crippen molar-refractivity contribution in [3.05, 3.63) is 107 Å². The van der Waals surface area contributed by atoms with E-state index in [9.17, 15) is 4.79 Å². The largest absolute Gasteiger partial charge is 0.349 e. The fraction of sp³-hybridized carbons (Fsp3) is 0.364. The normalized spacial score (nSPS) is 18.6. The zero-order valence-corrected chi connectivity index (χ0v) is 21.8. The monoisotopic (exact) mass is 491 g/mol. The number of aromatic nitrogens is 1. The topological polar surface area (TPSA) is 37.3 Å². The number of hydrogen-bond donors (Lipinski definition) is 1. The van der Waals surface area contributed by atoms with E-state index in [0.717, 1.165) is 58.3 Å². The molecule has 2 aliphatic rings. The van der Waals surface area contributed by atoms with Crippen LogP contribution < -0.4 is 5.32 Å². The lowest BCUT2D eigenvalue weighted by molar-refractivity contribution is -0.127. The molecular formula is C33H37N3O. The Hall–Kier alpha value is -3.37. The molecule has 1 fully saturated rings. The van der Waals surface area contributed by atoms with Crippen LogP contribution in [0, 0.1) is 12.8 Å². The molecule has 4 nitrogen and oxygen atoms in total. The molecule has 1 aromatic heterocycles. The molecule has 1 saturated heterocycles. The molecule has 0 radical (unpaired) electrons. The minimum Gasteiger partial charge on any atom is -0.349 e. The molecule has 3 aromatic carbocycles. The lowest BCUT2D eigenvalue weighted by atomic mass is 9.87. The maximum Gasteiger partial charge on any atom is 0.223 e. The Bertz CT molecular complexity index is 1380. The number of fused-ring (bicyclic) bond motifs is 2. The molecule has 1 atom stereocenters. The van der Waals surface area contributed by atoms with Crippen LogP contribution >= 0.6 is 0 Å². The first-order valence-electron chi connectivity index (χ1n) is 13.9. The van der Waals surface area contributed by atoms with E-state index < -0.39 is 0 Å². The minimum atomic E-state index is 0.115. The van der Waals surface area contributed by atoms with Crippen molar-refractivity contribution in [2.45, 2.75) is 58.2 Å². The van der Waals surface area contributed by atoms with Crippen molar-refractivity contribution in [1.82, 2.24) is 14.8 Å². The number of aryl methyl sites for hydroxylation is 2. The number of para-hydroxylation sites is 1. The van der Waals surface area contributed by atoms with Crippen molar-refractivity contribution in [3.63, 3.8) is 0 Å². The van der Waals surface area contributed by atoms with Crippen LogP contribution in [-0.4, -0.2) is 28.5 Å². The van der Waals surface area contributed by atoms with Crippen LogP contribution in [0.2, 0.25) is 0 Å². The second-order valence-corrected chi connectivity index (χ2v) is 11.0. The summed E-state index contributed by atoms with van der Waals surface area (Å²) in [5.41, 5.74) is 7.98. The van der Waals surface area contributed by atoms with Crippen LogP contribution in [-0.2, 0) is 24.3 Å². The molecule has 2 heterocycles. The van der Waals surface area contributed by atoms with Crippen molar-refractivity contribution in [1.29, 1.82) is 0 Å². The van der Waals surface area contributed by atoms with Gasteiger partial charge in [-0.2, -0.15) is 0 Å². The molecule has 1 aliphatic carbocycles. The molecule has 0 spiro atoms. The first-order valence-corrected chi connectivity index (χ1v) is 13.9. The molecule has 0 saturated carbocycles. The van der Waals surface area contributed by atoms with E-state index in [0.29, 0.717) is 0 Å². The Labute approximate surface area is 220 Å². The van der Waals surface area contributed by atoms with E-state index in [1.165, 1.54) is 38.9 Å². The quantitative estimate of drug-likeness (QED) is 0.339. The Morgan fingerprint density at radius 1 is 0.892 bits per heavy atom. The van der Waals surface area contributed by atoms with Gasteiger partial charge in [-0.05, 0) is 86.3 Å². The lowest BCUT2D eigenvalue weighted by Crippen LogP contribution is -2.42. The van der Waals surface area contributed by atoms with Gasteiger partial charge >= 0.3 is 0 Å². The fourth-order valence-corrected chi connectivity index (χ4v) is 6.24. The van der Waals surface area contributed by atoms with Crippen molar-refractivity contribution in [3.8, 4) is 0 Å². The molecule has 1 N–H and O–H groups in total. The Balaban J connectivity index is 1.11. The predicted octanol–water partition coefficient (Wildman–Crippen LogP) is 6.40. The highest BCUT2D eigenvalue weighted by Gasteiger charge is 2.29. The zero-order valence-electron chi connectivity index (χ0n) is 21.8. The fourth-order valence-electron chi connectivity index (χ4n) is 6.24. The first-order chi connectivity index (χ1) is 18.1. The Morgan fingerprint density at radius 2 is 1.65 bits per heavy atom. The van der Waals surface area contributed by atoms with E-state index >= 15 is 0 Å². The number of hydrogen-bond acceptors (Lipinski definition) is 2. The number of carbonyl (C=O) groups excluding carboxylic acids is 1. The standard InChI is InChI=1S/C33H37N3O/c1-24-13-15-25(16-14-24)22-36-29(21-28-8-3-5-12-32(28)36)23-35-19-17-27(18-20-35)33(37)34-31-11-6-9-26-7-2-4-10-30(26)31/h2-5,7-8,10,12-16,21,27,31H,6,9,11,17-20,22-23H2,1H3,(H,34,37)/t31-/m1/s1. The summed E-state index contributed by atoms with van der Waals surface area (Å²) in [7, 11) is 0. The molecule has 37 heavy (non-hydrogen) atoms. The molecule has 4 heteroatoms. The summed E-state index contributed by atoms with van der Waals surface area (Å²) < 4.78 is 2.47. The van der Waals surface area contributed by atoms with Crippen molar-refractivity contribution < 1.29 is 4.79 Å². The molecule has 4 aromatic rings. The number of piperidine rings is 1. The van der Waals surface area contributed by atoms with Gasteiger partial charge < -0.3 is 9.88 Å². The van der Waals surface area contributed by atoms with Crippen LogP contribution in [0.3, 0.4) is 0 Å². The van der Waals surface area contributed by atoms with Gasteiger partial charge in [-0.1, -0.05) is 72.3 Å². The van der Waals surface area contributed by atoms with E-state index in [-0.39, 0.29) is 17.9 Å². The minimum absolute atomic E-state index is 0.115. The van der Waals surface area contributed by atoms with Crippen LogP contribution in [0.15, 0.2) is 78.9 Å². The van der Waals surface area contributed by atoms with Crippen LogP contribution in [0.25, 0.3) is 10.9 Å². The van der Waals surface area contributed by atoms with Gasteiger partial charge in [0.25, 0.3) is 0 Å². The van der Waals surface area contributed by atoms with Gasteiger partial charge in [0.1, 0.15) is 0 Å². The van der Waals surface area contributed by atoms with Gasteiger partial charge in [0.05, 0.1) is 6.04 Å². The van der Waals surface area contributed by atoms with Gasteiger partial charge in [0.15, 0.2) is 0 Å². The highest BCUT2D eigenvalue weighted by Crippen LogP contribution is 2.31. The SMILES string of the molecule is Cc1ccc(Cn2c(CN3CCC(C(=O)N[C@@H]4CCCc5ccccc54)CC3)cc3ccccc32)cc1. The molecule has 0 bridgehead atoms. The summed E-state index contributed by atoms with van der Waals surface area (Å²) in [6.45, 7) is 5.87. The number of rotatable bonds is 6. The molecule has 0 unspecified atom stereocenters. The smallest absolute Gasteiger partial charge is 0.223 e. The number of amides is 1. The Kier molecular flexibility index (Phi) is 6.84. The highest BCUT2D eigenvalue weighted by molar-refractivity contribution is 5.81. The molecule has 190 valence electrons. The van der Waals surface area contributed by atoms with Gasteiger partial charge in [-0.25, -0.2) is 0 Å². The summed E-state index contributed by atoms with van der Waals surface area (Å²) in [6, 6.07) is 28.7. The highest BCUT2D eigenvalue weighted by atomic mass is 16.1. The van der Waals surface area contributed by atoms with Gasteiger partial charge in [0, 0.05) is 30.2 Å². The van der Waals surface area contributed by atoms with Gasteiger partial charge in [-0.15, -0.1) is 0 Å². The zero-order chi connectivity index (χ0) is 25.2. The van der Waals surface area contributed by atoms with E-state index in [1.807, 2.05) is 0 Å². The molecule has 1 amide bonds. The average Bonchev–Trinajstić information content (AvgIpc) is 3.27. The molecular weight excluding hydrogens is 454 g/mol. The number of carbonyl (C=O) groups is 1. The number of nitrogens with one attached hydrogen (secondary N) is 1. The van der Waals surface area contributed by atoms with Crippen LogP contribution in [0.1, 0.15) is 59.7 Å². The third-order valence-electron chi connectivity index (χ3n) is 8.39. The van der Waals surface area contributed by atoms with Gasteiger partial charge in [0.2, 0.25) is 5.91 Å². The molecule has 1 aliphatic heterocycles. The van der Waals surface area contributed by atoms with Gasteiger partial charge in [-0.3, -0.25) is 9.69 Å². The summed E-state index contributed by atoms with van der Waals surface area (Å²) >= 11 is 0. The summed E-state index contributed by atoms with van der Waals surface area (Å²) in [5.74, 6) is 0.360. The van der Waals surface area contributed by atoms with E-state index in [1.54, 1.807) is 0 Å². The first kappa shape index (κ1) is 24.0. The third kappa shape index (κ3) is 5.21. The Morgan fingerprint density at radius 3 is 2.49 bits per heavy atom. The van der Waals surface area contributed by atoms with Crippen molar-refractivity contribution >= 4 is 16.8 Å². The van der Waals surface area contributed by atoms with E-state index in [2.05, 4.69) is 101 Å². The van der Waals surface area contributed by atoms with Crippen molar-refractivity contribution in [2.75, 3.05) is 13.1 Å².